The summed E-state index contributed by atoms with van der Waals surface area (Å²) < 4.78 is 6.57. The van der Waals surface area contributed by atoms with Crippen LogP contribution in [0.5, 0.6) is 5.75 Å². The lowest BCUT2D eigenvalue weighted by atomic mass is 9.94. The number of hydrogen-bond donors (Lipinski definition) is 1. The zero-order valence-corrected chi connectivity index (χ0v) is 14.0. The average Bonchev–Trinajstić information content (AvgIpc) is 2.37. The van der Waals surface area contributed by atoms with Gasteiger partial charge in [-0.3, -0.25) is 0 Å². The fourth-order valence-electron chi connectivity index (χ4n) is 2.14. The van der Waals surface area contributed by atoms with E-state index in [4.69, 9.17) is 4.74 Å². The molecule has 0 radical (unpaired) electrons. The van der Waals surface area contributed by atoms with Gasteiger partial charge in [-0.2, -0.15) is 11.8 Å². The standard InChI is InChI=1S/C14H21BrO2S/c1-8-9(2)14(17-4)12(10(3)13(8)15)11(16)6-7-18-5/h11,16H,6-7H2,1-5H3. The molecule has 0 bridgehead atoms. The van der Waals surface area contributed by atoms with Gasteiger partial charge in [0.25, 0.3) is 0 Å². The second kappa shape index (κ2) is 6.83. The second-order valence-corrected chi connectivity index (χ2v) is 6.21. The van der Waals surface area contributed by atoms with Gasteiger partial charge < -0.3 is 9.84 Å². The van der Waals surface area contributed by atoms with Crippen LogP contribution >= 0.6 is 27.7 Å². The van der Waals surface area contributed by atoms with E-state index in [0.717, 1.165) is 39.1 Å². The van der Waals surface area contributed by atoms with Crippen molar-refractivity contribution in [1.82, 2.24) is 0 Å². The van der Waals surface area contributed by atoms with Gasteiger partial charge in [-0.15, -0.1) is 0 Å². The van der Waals surface area contributed by atoms with Gasteiger partial charge in [-0.05, 0) is 55.9 Å². The van der Waals surface area contributed by atoms with Crippen LogP contribution in [0.2, 0.25) is 0 Å². The topological polar surface area (TPSA) is 29.5 Å². The largest absolute Gasteiger partial charge is 0.496 e. The molecular weight excluding hydrogens is 312 g/mol. The number of rotatable bonds is 5. The molecule has 102 valence electrons. The van der Waals surface area contributed by atoms with Crippen molar-refractivity contribution in [1.29, 1.82) is 0 Å². The molecule has 0 saturated carbocycles. The second-order valence-electron chi connectivity index (χ2n) is 4.43. The maximum absolute atomic E-state index is 10.4. The van der Waals surface area contributed by atoms with E-state index in [1.165, 1.54) is 5.56 Å². The molecular formula is C14H21BrO2S. The number of aliphatic hydroxyl groups is 1. The van der Waals surface area contributed by atoms with Crippen molar-refractivity contribution in [3.63, 3.8) is 0 Å². The minimum atomic E-state index is -0.469. The van der Waals surface area contributed by atoms with Crippen LogP contribution < -0.4 is 4.74 Å². The molecule has 0 spiro atoms. The van der Waals surface area contributed by atoms with Gasteiger partial charge >= 0.3 is 0 Å². The first-order valence-electron chi connectivity index (χ1n) is 5.95. The van der Waals surface area contributed by atoms with Crippen LogP contribution in [0.4, 0.5) is 0 Å². The molecule has 1 aromatic carbocycles. The highest BCUT2D eigenvalue weighted by Gasteiger charge is 2.21. The molecule has 0 aliphatic rings. The average molecular weight is 333 g/mol. The Morgan fingerprint density at radius 2 is 1.83 bits per heavy atom. The summed E-state index contributed by atoms with van der Waals surface area (Å²) in [7, 11) is 1.67. The molecule has 2 nitrogen and oxygen atoms in total. The maximum Gasteiger partial charge on any atom is 0.128 e. The van der Waals surface area contributed by atoms with Gasteiger partial charge in [0.1, 0.15) is 5.75 Å². The van der Waals surface area contributed by atoms with E-state index in [1.807, 2.05) is 20.1 Å². The number of halogens is 1. The molecule has 1 rings (SSSR count). The minimum Gasteiger partial charge on any atom is -0.496 e. The van der Waals surface area contributed by atoms with E-state index in [-0.39, 0.29) is 0 Å². The van der Waals surface area contributed by atoms with Crippen molar-refractivity contribution >= 4 is 27.7 Å². The third kappa shape index (κ3) is 3.03. The lowest BCUT2D eigenvalue weighted by molar-refractivity contribution is 0.169. The van der Waals surface area contributed by atoms with E-state index in [1.54, 1.807) is 18.9 Å². The van der Waals surface area contributed by atoms with Gasteiger partial charge in [0, 0.05) is 10.0 Å². The molecule has 0 fully saturated rings. The molecule has 0 aliphatic carbocycles. The maximum atomic E-state index is 10.4. The quantitative estimate of drug-likeness (QED) is 0.877. The van der Waals surface area contributed by atoms with Gasteiger partial charge in [-0.1, -0.05) is 15.9 Å². The van der Waals surface area contributed by atoms with Gasteiger partial charge in [-0.25, -0.2) is 0 Å². The van der Waals surface area contributed by atoms with Gasteiger partial charge in [0.15, 0.2) is 0 Å². The summed E-state index contributed by atoms with van der Waals surface area (Å²) in [5.41, 5.74) is 4.25. The van der Waals surface area contributed by atoms with E-state index >= 15 is 0 Å². The van der Waals surface area contributed by atoms with Gasteiger partial charge in [0.2, 0.25) is 0 Å². The number of aliphatic hydroxyl groups excluding tert-OH is 1. The Morgan fingerprint density at radius 1 is 1.22 bits per heavy atom. The third-order valence-corrected chi connectivity index (χ3v) is 5.18. The molecule has 18 heavy (non-hydrogen) atoms. The highest BCUT2D eigenvalue weighted by molar-refractivity contribution is 9.10. The van der Waals surface area contributed by atoms with Crippen molar-refractivity contribution in [2.75, 3.05) is 19.1 Å². The summed E-state index contributed by atoms with van der Waals surface area (Å²) >= 11 is 5.35. The molecule has 0 aromatic heterocycles. The Morgan fingerprint density at radius 3 is 2.33 bits per heavy atom. The monoisotopic (exact) mass is 332 g/mol. The summed E-state index contributed by atoms with van der Waals surface area (Å²) in [6, 6.07) is 0. The number of benzene rings is 1. The first kappa shape index (κ1) is 15.9. The van der Waals surface area contributed by atoms with Crippen molar-refractivity contribution < 1.29 is 9.84 Å². The Labute approximate surface area is 122 Å². The summed E-state index contributed by atoms with van der Waals surface area (Å²) in [6.07, 6.45) is 2.32. The number of methoxy groups -OCH3 is 1. The molecule has 1 unspecified atom stereocenters. The van der Waals surface area contributed by atoms with Crippen LogP contribution in [0.15, 0.2) is 4.47 Å². The normalized spacial score (nSPS) is 12.6. The molecule has 1 atom stereocenters. The molecule has 0 saturated heterocycles. The number of thioether (sulfide) groups is 1. The fourth-order valence-corrected chi connectivity index (χ4v) is 3.11. The van der Waals surface area contributed by atoms with Crippen LogP contribution in [-0.2, 0) is 0 Å². The van der Waals surface area contributed by atoms with Crippen LogP contribution in [0.3, 0.4) is 0 Å². The predicted octanol–water partition coefficient (Wildman–Crippen LogP) is 4.17. The van der Waals surface area contributed by atoms with Crippen LogP contribution in [0.1, 0.15) is 34.8 Å². The molecule has 4 heteroatoms. The summed E-state index contributed by atoms with van der Waals surface area (Å²) in [4.78, 5) is 0. The minimum absolute atomic E-state index is 0.469. The van der Waals surface area contributed by atoms with E-state index < -0.39 is 6.10 Å². The van der Waals surface area contributed by atoms with Gasteiger partial charge in [0.05, 0.1) is 13.2 Å². The molecule has 0 amide bonds. The molecule has 0 heterocycles. The zero-order chi connectivity index (χ0) is 13.9. The lowest BCUT2D eigenvalue weighted by Gasteiger charge is -2.22. The molecule has 1 aromatic rings. The molecule has 1 N–H and O–H groups in total. The van der Waals surface area contributed by atoms with Crippen LogP contribution in [0.25, 0.3) is 0 Å². The Balaban J connectivity index is 3.32. The zero-order valence-electron chi connectivity index (χ0n) is 11.6. The van der Waals surface area contributed by atoms with Crippen LogP contribution in [0, 0.1) is 20.8 Å². The number of hydrogen-bond acceptors (Lipinski definition) is 3. The van der Waals surface area contributed by atoms with Crippen LogP contribution in [-0.4, -0.2) is 24.2 Å². The Bertz CT molecular complexity index is 433. The predicted molar refractivity (Wildman–Crippen MR) is 82.9 cm³/mol. The summed E-state index contributed by atoms with van der Waals surface area (Å²) in [5.74, 6) is 1.76. The third-order valence-electron chi connectivity index (χ3n) is 3.34. The fraction of sp³-hybridized carbons (Fsp3) is 0.571. The first-order valence-corrected chi connectivity index (χ1v) is 8.14. The lowest BCUT2D eigenvalue weighted by Crippen LogP contribution is -2.08. The highest BCUT2D eigenvalue weighted by atomic mass is 79.9. The van der Waals surface area contributed by atoms with E-state index in [2.05, 4.69) is 22.9 Å². The van der Waals surface area contributed by atoms with Crippen molar-refractivity contribution in [3.8, 4) is 5.75 Å². The Hall–Kier alpha value is -0.190. The smallest absolute Gasteiger partial charge is 0.128 e. The number of ether oxygens (including phenoxy) is 1. The van der Waals surface area contributed by atoms with Crippen molar-refractivity contribution in [2.45, 2.75) is 33.3 Å². The van der Waals surface area contributed by atoms with Crippen molar-refractivity contribution in [2.24, 2.45) is 0 Å². The first-order chi connectivity index (χ1) is 8.45. The van der Waals surface area contributed by atoms with E-state index in [0.29, 0.717) is 0 Å². The SMILES string of the molecule is COc1c(C)c(C)c(Br)c(C)c1C(O)CCSC. The summed E-state index contributed by atoms with van der Waals surface area (Å²) in [5, 5.41) is 10.4. The summed E-state index contributed by atoms with van der Waals surface area (Å²) in [6.45, 7) is 6.12. The van der Waals surface area contributed by atoms with Crippen molar-refractivity contribution in [3.05, 3.63) is 26.7 Å². The molecule has 0 aliphatic heterocycles. The van der Waals surface area contributed by atoms with E-state index in [9.17, 15) is 5.11 Å². The Kier molecular flexibility index (Phi) is 6.02. The highest BCUT2D eigenvalue weighted by Crippen LogP contribution is 2.40.